The molecular weight excluding hydrogens is 272 g/mol. The van der Waals surface area contributed by atoms with E-state index in [0.29, 0.717) is 24.5 Å². The third-order valence-corrected chi connectivity index (χ3v) is 3.36. The highest BCUT2D eigenvalue weighted by atomic mass is 16.7. The maximum absolute atomic E-state index is 11.6. The number of rotatable bonds is 7. The fourth-order valence-corrected chi connectivity index (χ4v) is 2.24. The minimum Gasteiger partial charge on any atom is -0.490 e. The van der Waals surface area contributed by atoms with Gasteiger partial charge in [0.15, 0.2) is 12.1 Å². The Morgan fingerprint density at radius 2 is 2.24 bits per heavy atom. The molecule has 1 aromatic carbocycles. The van der Waals surface area contributed by atoms with Crippen molar-refractivity contribution in [1.82, 2.24) is 0 Å². The molecule has 5 heteroatoms. The number of ether oxygens (including phenoxy) is 3. The van der Waals surface area contributed by atoms with E-state index in [4.69, 9.17) is 19.3 Å². The second kappa shape index (κ2) is 8.12. The third-order valence-electron chi connectivity index (χ3n) is 3.36. The van der Waals surface area contributed by atoms with E-state index in [-0.39, 0.29) is 12.1 Å². The third kappa shape index (κ3) is 4.81. The molecule has 1 atom stereocenters. The van der Waals surface area contributed by atoms with E-state index >= 15 is 0 Å². The molecule has 0 radical (unpaired) electrons. The fraction of sp³-hybridized carbons (Fsp3) is 0.562. The van der Waals surface area contributed by atoms with Crippen LogP contribution in [0.5, 0.6) is 5.75 Å². The minimum absolute atomic E-state index is 0.140. The van der Waals surface area contributed by atoms with E-state index < -0.39 is 6.61 Å². The van der Waals surface area contributed by atoms with Gasteiger partial charge in [-0.1, -0.05) is 6.07 Å². The largest absolute Gasteiger partial charge is 0.490 e. The molecule has 1 aliphatic rings. The van der Waals surface area contributed by atoms with Crippen molar-refractivity contribution in [3.63, 3.8) is 0 Å². The first-order chi connectivity index (χ1) is 10.2. The van der Waals surface area contributed by atoms with Crippen molar-refractivity contribution < 1.29 is 24.1 Å². The zero-order valence-corrected chi connectivity index (χ0v) is 12.3. The highest BCUT2D eigenvalue weighted by molar-refractivity contribution is 5.99. The van der Waals surface area contributed by atoms with Crippen LogP contribution in [0.2, 0.25) is 0 Å². The maximum atomic E-state index is 11.6. The molecule has 1 saturated heterocycles. The second-order valence-corrected chi connectivity index (χ2v) is 5.10. The fourth-order valence-electron chi connectivity index (χ4n) is 2.24. The van der Waals surface area contributed by atoms with Gasteiger partial charge >= 0.3 is 0 Å². The lowest BCUT2D eigenvalue weighted by atomic mass is 10.1. The Morgan fingerprint density at radius 3 is 2.95 bits per heavy atom. The molecule has 116 valence electrons. The van der Waals surface area contributed by atoms with Gasteiger partial charge in [-0.3, -0.25) is 4.79 Å². The molecule has 0 amide bonds. The molecule has 0 aliphatic carbocycles. The molecule has 21 heavy (non-hydrogen) atoms. The number of hydrogen-bond acceptors (Lipinski definition) is 5. The van der Waals surface area contributed by atoms with Crippen LogP contribution in [0.1, 0.15) is 35.2 Å². The molecule has 0 aromatic heterocycles. The van der Waals surface area contributed by atoms with Crippen LogP contribution in [0.4, 0.5) is 0 Å². The Balaban J connectivity index is 1.84. The first-order valence-electron chi connectivity index (χ1n) is 7.31. The number of carbonyl (C=O) groups excluding carboxylic acids is 1. The molecule has 0 saturated carbocycles. The average molecular weight is 294 g/mol. The average Bonchev–Trinajstić information content (AvgIpc) is 2.52. The Hall–Kier alpha value is -1.43. The summed E-state index contributed by atoms with van der Waals surface area (Å²) in [6, 6.07) is 5.29. The van der Waals surface area contributed by atoms with Crippen LogP contribution in [0.15, 0.2) is 18.2 Å². The smallest absolute Gasteiger partial charge is 0.191 e. The summed E-state index contributed by atoms with van der Waals surface area (Å²) in [5, 5.41) is 8.98. The quantitative estimate of drug-likeness (QED) is 0.616. The van der Waals surface area contributed by atoms with Crippen LogP contribution in [-0.2, 0) is 9.47 Å². The van der Waals surface area contributed by atoms with Gasteiger partial charge in [-0.2, -0.15) is 0 Å². The summed E-state index contributed by atoms with van der Waals surface area (Å²) in [4.78, 5) is 11.6. The van der Waals surface area contributed by atoms with Crippen LogP contribution >= 0.6 is 0 Å². The first-order valence-corrected chi connectivity index (χ1v) is 7.31. The van der Waals surface area contributed by atoms with Gasteiger partial charge in [-0.05, 0) is 43.9 Å². The van der Waals surface area contributed by atoms with Crippen molar-refractivity contribution in [3.05, 3.63) is 29.3 Å². The SMILES string of the molecule is Cc1ccc(C(=O)CO)c(OCCOC2CCCCO2)c1. The molecule has 2 rings (SSSR count). The number of aliphatic hydroxyl groups is 1. The molecule has 1 aromatic rings. The molecule has 5 nitrogen and oxygen atoms in total. The number of benzene rings is 1. The summed E-state index contributed by atoms with van der Waals surface area (Å²) >= 11 is 0. The number of ketones is 1. The first kappa shape index (κ1) is 15.9. The number of Topliss-reactive ketones (excluding diaryl/α,β-unsaturated/α-hetero) is 1. The van der Waals surface area contributed by atoms with Gasteiger partial charge in [0.05, 0.1) is 12.2 Å². The van der Waals surface area contributed by atoms with Gasteiger partial charge in [0.2, 0.25) is 0 Å². The summed E-state index contributed by atoms with van der Waals surface area (Å²) in [6.45, 7) is 2.90. The topological polar surface area (TPSA) is 65.0 Å². The van der Waals surface area contributed by atoms with Crippen LogP contribution in [-0.4, -0.2) is 43.6 Å². The summed E-state index contributed by atoms with van der Waals surface area (Å²) in [6.07, 6.45) is 2.99. The van der Waals surface area contributed by atoms with Crippen molar-refractivity contribution >= 4 is 5.78 Å². The van der Waals surface area contributed by atoms with E-state index in [1.165, 1.54) is 0 Å². The lowest BCUT2D eigenvalue weighted by Crippen LogP contribution is -2.24. The predicted molar refractivity (Wildman–Crippen MR) is 77.6 cm³/mol. The number of aryl methyl sites for hydroxylation is 1. The summed E-state index contributed by atoms with van der Waals surface area (Å²) in [7, 11) is 0. The van der Waals surface area contributed by atoms with E-state index in [9.17, 15) is 4.79 Å². The lowest BCUT2D eigenvalue weighted by molar-refractivity contribution is -0.165. The predicted octanol–water partition coefficient (Wildman–Crippen LogP) is 2.09. The van der Waals surface area contributed by atoms with Crippen molar-refractivity contribution in [2.24, 2.45) is 0 Å². The van der Waals surface area contributed by atoms with Gasteiger partial charge in [-0.15, -0.1) is 0 Å². The number of hydrogen-bond donors (Lipinski definition) is 1. The number of aliphatic hydroxyl groups excluding tert-OH is 1. The molecule has 0 bridgehead atoms. The molecule has 0 spiro atoms. The normalized spacial score (nSPS) is 18.5. The second-order valence-electron chi connectivity index (χ2n) is 5.10. The zero-order chi connectivity index (χ0) is 15.1. The Bertz CT molecular complexity index is 466. The van der Waals surface area contributed by atoms with Gasteiger partial charge < -0.3 is 19.3 Å². The molecular formula is C16H22O5. The van der Waals surface area contributed by atoms with E-state index in [2.05, 4.69) is 0 Å². The maximum Gasteiger partial charge on any atom is 0.191 e. The minimum atomic E-state index is -0.522. The lowest BCUT2D eigenvalue weighted by Gasteiger charge is -2.22. The molecule has 1 N–H and O–H groups in total. The Kier molecular flexibility index (Phi) is 6.17. The van der Waals surface area contributed by atoms with Crippen LogP contribution in [0, 0.1) is 6.92 Å². The van der Waals surface area contributed by atoms with Crippen molar-refractivity contribution in [2.75, 3.05) is 26.4 Å². The van der Waals surface area contributed by atoms with Gasteiger partial charge in [0.25, 0.3) is 0 Å². The summed E-state index contributed by atoms with van der Waals surface area (Å²) < 4.78 is 16.7. The van der Waals surface area contributed by atoms with Gasteiger partial charge in [0, 0.05) is 6.61 Å². The highest BCUT2D eigenvalue weighted by Crippen LogP contribution is 2.21. The molecule has 1 unspecified atom stereocenters. The number of carbonyl (C=O) groups is 1. The molecule has 1 aliphatic heterocycles. The standard InChI is InChI=1S/C16H22O5/c1-12-5-6-13(14(18)11-17)15(10-12)19-8-9-21-16-4-2-3-7-20-16/h5-6,10,16-17H,2-4,7-9,11H2,1H3. The van der Waals surface area contributed by atoms with Crippen molar-refractivity contribution in [3.8, 4) is 5.75 Å². The van der Waals surface area contributed by atoms with Crippen molar-refractivity contribution in [1.29, 1.82) is 0 Å². The van der Waals surface area contributed by atoms with Gasteiger partial charge in [0.1, 0.15) is 19.0 Å². The monoisotopic (exact) mass is 294 g/mol. The van der Waals surface area contributed by atoms with E-state index in [1.807, 2.05) is 13.0 Å². The highest BCUT2D eigenvalue weighted by Gasteiger charge is 2.15. The summed E-state index contributed by atoms with van der Waals surface area (Å²) in [5.74, 6) is 0.142. The van der Waals surface area contributed by atoms with E-state index in [0.717, 1.165) is 31.4 Å². The molecule has 1 heterocycles. The van der Waals surface area contributed by atoms with Crippen molar-refractivity contribution in [2.45, 2.75) is 32.5 Å². The zero-order valence-electron chi connectivity index (χ0n) is 12.3. The Morgan fingerprint density at radius 1 is 1.38 bits per heavy atom. The van der Waals surface area contributed by atoms with Gasteiger partial charge in [-0.25, -0.2) is 0 Å². The van der Waals surface area contributed by atoms with Crippen LogP contribution in [0.25, 0.3) is 0 Å². The van der Waals surface area contributed by atoms with Crippen LogP contribution < -0.4 is 4.74 Å². The summed E-state index contributed by atoms with van der Waals surface area (Å²) in [5.41, 5.74) is 1.40. The van der Waals surface area contributed by atoms with E-state index in [1.54, 1.807) is 12.1 Å². The Labute approximate surface area is 124 Å². The molecule has 1 fully saturated rings. The van der Waals surface area contributed by atoms with Crippen LogP contribution in [0.3, 0.4) is 0 Å².